The van der Waals surface area contributed by atoms with Crippen LogP contribution in [0.2, 0.25) is 5.02 Å². The number of nitrogens with two attached hydrogens (primary N) is 1. The average molecular weight is 324 g/mol. The molecule has 1 aromatic carbocycles. The van der Waals surface area contributed by atoms with E-state index in [0.717, 1.165) is 0 Å². The summed E-state index contributed by atoms with van der Waals surface area (Å²) in [5, 5.41) is 8.40. The molecule has 0 aliphatic rings. The number of methoxy groups -OCH3 is 1. The molecule has 0 aliphatic carbocycles. The molecule has 0 bridgehead atoms. The van der Waals surface area contributed by atoms with Crippen LogP contribution < -0.4 is 5.73 Å². The molecule has 2 aromatic rings. The van der Waals surface area contributed by atoms with Gasteiger partial charge in [-0.3, -0.25) is 4.79 Å². The standard InChI is InChI=1S/C15H15ClFN3O2/c1-22-15(21)4-2-3-13-12(18)8-14(20-19-13)10-7-9(16)5-6-11(10)17/h5-8H,2-4H2,1H3,(H2,18,20). The number of hydrogen-bond donors (Lipinski definition) is 1. The summed E-state index contributed by atoms with van der Waals surface area (Å²) in [6.07, 6.45) is 1.32. The number of halogens is 2. The first-order valence-electron chi connectivity index (χ1n) is 6.65. The first-order chi connectivity index (χ1) is 10.5. The summed E-state index contributed by atoms with van der Waals surface area (Å²) in [6, 6.07) is 5.74. The molecule has 22 heavy (non-hydrogen) atoms. The van der Waals surface area contributed by atoms with Crippen molar-refractivity contribution in [1.82, 2.24) is 10.2 Å². The Hall–Kier alpha value is -2.21. The van der Waals surface area contributed by atoms with Crippen molar-refractivity contribution in [2.24, 2.45) is 0 Å². The van der Waals surface area contributed by atoms with Crippen LogP contribution in [0.15, 0.2) is 24.3 Å². The highest BCUT2D eigenvalue weighted by Crippen LogP contribution is 2.26. The number of ether oxygens (including phenoxy) is 1. The summed E-state index contributed by atoms with van der Waals surface area (Å²) in [5.74, 6) is -0.735. The molecule has 0 fully saturated rings. The Balaban J connectivity index is 2.15. The lowest BCUT2D eigenvalue weighted by Gasteiger charge is -2.07. The summed E-state index contributed by atoms with van der Waals surface area (Å²) < 4.78 is 18.4. The van der Waals surface area contributed by atoms with E-state index in [1.165, 1.54) is 25.3 Å². The second-order valence-electron chi connectivity index (χ2n) is 4.69. The van der Waals surface area contributed by atoms with Gasteiger partial charge in [-0.05, 0) is 37.1 Å². The quantitative estimate of drug-likeness (QED) is 0.856. The predicted molar refractivity (Wildman–Crippen MR) is 81.8 cm³/mol. The lowest BCUT2D eigenvalue weighted by Crippen LogP contribution is -2.05. The molecule has 0 spiro atoms. The topological polar surface area (TPSA) is 78.1 Å². The highest BCUT2D eigenvalue weighted by atomic mass is 35.5. The molecule has 0 unspecified atom stereocenters. The lowest BCUT2D eigenvalue weighted by molar-refractivity contribution is -0.140. The van der Waals surface area contributed by atoms with Crippen molar-refractivity contribution in [1.29, 1.82) is 0 Å². The van der Waals surface area contributed by atoms with Crippen molar-refractivity contribution in [2.45, 2.75) is 19.3 Å². The smallest absolute Gasteiger partial charge is 0.305 e. The molecule has 0 saturated heterocycles. The average Bonchev–Trinajstić information content (AvgIpc) is 2.51. The van der Waals surface area contributed by atoms with Crippen LogP contribution in [0, 0.1) is 5.82 Å². The summed E-state index contributed by atoms with van der Waals surface area (Å²) in [7, 11) is 1.34. The summed E-state index contributed by atoms with van der Waals surface area (Å²) in [4.78, 5) is 11.1. The lowest BCUT2D eigenvalue weighted by atomic mass is 10.1. The Morgan fingerprint density at radius 1 is 1.36 bits per heavy atom. The molecular weight excluding hydrogens is 309 g/mol. The minimum Gasteiger partial charge on any atom is -0.469 e. The summed E-state index contributed by atoms with van der Waals surface area (Å²) in [6.45, 7) is 0. The van der Waals surface area contributed by atoms with Crippen LogP contribution in [0.5, 0.6) is 0 Å². The van der Waals surface area contributed by atoms with Crippen LogP contribution in [0.3, 0.4) is 0 Å². The maximum Gasteiger partial charge on any atom is 0.305 e. The van der Waals surface area contributed by atoms with Gasteiger partial charge in [0.15, 0.2) is 0 Å². The number of carbonyl (C=O) groups excluding carboxylic acids is 1. The number of rotatable bonds is 5. The Morgan fingerprint density at radius 2 is 2.14 bits per heavy atom. The summed E-state index contributed by atoms with van der Waals surface area (Å²) in [5.41, 5.74) is 7.44. The van der Waals surface area contributed by atoms with Gasteiger partial charge in [0.25, 0.3) is 0 Å². The monoisotopic (exact) mass is 323 g/mol. The maximum atomic E-state index is 13.8. The molecule has 7 heteroatoms. The zero-order valence-electron chi connectivity index (χ0n) is 12.0. The Bertz CT molecular complexity index is 694. The van der Waals surface area contributed by atoms with Gasteiger partial charge in [-0.25, -0.2) is 4.39 Å². The molecular formula is C15H15ClFN3O2. The predicted octanol–water partition coefficient (Wildman–Crippen LogP) is 3.01. The number of nitrogens with zero attached hydrogens (tertiary/aromatic N) is 2. The van der Waals surface area contributed by atoms with Crippen molar-refractivity contribution in [3.05, 3.63) is 40.8 Å². The Morgan fingerprint density at radius 3 is 2.82 bits per heavy atom. The highest BCUT2D eigenvalue weighted by Gasteiger charge is 2.11. The third-order valence-corrected chi connectivity index (χ3v) is 3.37. The van der Waals surface area contributed by atoms with Crippen LogP contribution in [-0.4, -0.2) is 23.3 Å². The number of carbonyl (C=O) groups is 1. The second kappa shape index (κ2) is 7.17. The number of aromatic nitrogens is 2. The van der Waals surface area contributed by atoms with E-state index in [2.05, 4.69) is 14.9 Å². The molecule has 116 valence electrons. The van der Waals surface area contributed by atoms with E-state index in [-0.39, 0.29) is 18.0 Å². The normalized spacial score (nSPS) is 10.5. The third kappa shape index (κ3) is 3.92. The number of benzene rings is 1. The van der Waals surface area contributed by atoms with Gasteiger partial charge in [0.1, 0.15) is 5.82 Å². The number of aryl methyl sites for hydroxylation is 1. The number of anilines is 1. The largest absolute Gasteiger partial charge is 0.469 e. The molecule has 0 radical (unpaired) electrons. The van der Waals surface area contributed by atoms with E-state index >= 15 is 0 Å². The van der Waals surface area contributed by atoms with Crippen LogP contribution in [0.25, 0.3) is 11.3 Å². The van der Waals surface area contributed by atoms with Gasteiger partial charge in [0.05, 0.1) is 24.2 Å². The molecule has 1 aromatic heterocycles. The van der Waals surface area contributed by atoms with Gasteiger partial charge >= 0.3 is 5.97 Å². The van der Waals surface area contributed by atoms with E-state index in [4.69, 9.17) is 17.3 Å². The van der Waals surface area contributed by atoms with Crippen molar-refractivity contribution in [3.63, 3.8) is 0 Å². The molecule has 0 atom stereocenters. The number of nitrogen functional groups attached to an aromatic ring is 1. The van der Waals surface area contributed by atoms with Gasteiger partial charge in [-0.2, -0.15) is 5.10 Å². The van der Waals surface area contributed by atoms with E-state index < -0.39 is 5.82 Å². The van der Waals surface area contributed by atoms with E-state index in [0.29, 0.717) is 34.9 Å². The molecule has 0 amide bonds. The second-order valence-corrected chi connectivity index (χ2v) is 5.12. The zero-order valence-corrected chi connectivity index (χ0v) is 12.7. The van der Waals surface area contributed by atoms with Crippen LogP contribution >= 0.6 is 11.6 Å². The molecule has 1 heterocycles. The van der Waals surface area contributed by atoms with E-state index in [1.54, 1.807) is 6.07 Å². The van der Waals surface area contributed by atoms with Crippen molar-refractivity contribution in [3.8, 4) is 11.3 Å². The fourth-order valence-corrected chi connectivity index (χ4v) is 2.13. The molecule has 0 saturated carbocycles. The number of hydrogen-bond acceptors (Lipinski definition) is 5. The van der Waals surface area contributed by atoms with Gasteiger partial charge in [0.2, 0.25) is 0 Å². The van der Waals surface area contributed by atoms with Gasteiger partial charge in [-0.15, -0.1) is 5.10 Å². The Labute approximate surface area is 132 Å². The van der Waals surface area contributed by atoms with Gasteiger partial charge in [0, 0.05) is 17.0 Å². The SMILES string of the molecule is COC(=O)CCCc1nnc(-c2cc(Cl)ccc2F)cc1N. The number of esters is 1. The van der Waals surface area contributed by atoms with Gasteiger partial charge < -0.3 is 10.5 Å². The zero-order chi connectivity index (χ0) is 16.1. The van der Waals surface area contributed by atoms with Crippen LogP contribution in [0.4, 0.5) is 10.1 Å². The van der Waals surface area contributed by atoms with Crippen molar-refractivity contribution < 1.29 is 13.9 Å². The minimum atomic E-state index is -0.448. The summed E-state index contributed by atoms with van der Waals surface area (Å²) >= 11 is 5.86. The van der Waals surface area contributed by atoms with Crippen LogP contribution in [-0.2, 0) is 16.0 Å². The van der Waals surface area contributed by atoms with Gasteiger partial charge in [-0.1, -0.05) is 11.6 Å². The fourth-order valence-electron chi connectivity index (χ4n) is 1.95. The molecule has 2 N–H and O–H groups in total. The Kier molecular flexibility index (Phi) is 5.27. The minimum absolute atomic E-state index is 0.243. The van der Waals surface area contributed by atoms with E-state index in [1.807, 2.05) is 0 Å². The maximum absolute atomic E-state index is 13.8. The van der Waals surface area contributed by atoms with E-state index in [9.17, 15) is 9.18 Å². The van der Waals surface area contributed by atoms with Crippen molar-refractivity contribution >= 4 is 23.3 Å². The van der Waals surface area contributed by atoms with Crippen LogP contribution in [0.1, 0.15) is 18.5 Å². The third-order valence-electron chi connectivity index (χ3n) is 3.13. The highest BCUT2D eigenvalue weighted by molar-refractivity contribution is 6.30. The molecule has 2 rings (SSSR count). The fraction of sp³-hybridized carbons (Fsp3) is 0.267. The molecule has 0 aliphatic heterocycles. The molecule has 5 nitrogen and oxygen atoms in total. The first kappa shape index (κ1) is 16.2. The van der Waals surface area contributed by atoms with Crippen molar-refractivity contribution in [2.75, 3.05) is 12.8 Å². The first-order valence-corrected chi connectivity index (χ1v) is 7.03.